The summed E-state index contributed by atoms with van der Waals surface area (Å²) in [7, 11) is -8.60. The molecule has 15 heteroatoms. The summed E-state index contributed by atoms with van der Waals surface area (Å²) in [5.41, 5.74) is -0.785. The van der Waals surface area contributed by atoms with E-state index in [1.54, 1.807) is 12.3 Å². The predicted octanol–water partition coefficient (Wildman–Crippen LogP) is 2.04. The fourth-order valence-electron chi connectivity index (χ4n) is 4.59. The summed E-state index contributed by atoms with van der Waals surface area (Å²) < 4.78 is 49.2. The molecule has 4 N–H and O–H groups in total. The average molecular weight is 553 g/mol. The van der Waals surface area contributed by atoms with E-state index in [4.69, 9.17) is 20.9 Å². The van der Waals surface area contributed by atoms with E-state index in [0.29, 0.717) is 16.9 Å². The van der Waals surface area contributed by atoms with Crippen molar-refractivity contribution in [3.63, 3.8) is 0 Å². The van der Waals surface area contributed by atoms with Crippen molar-refractivity contribution >= 4 is 45.9 Å². The second kappa shape index (κ2) is 10.2. The lowest BCUT2D eigenvalue weighted by Gasteiger charge is -2.19. The van der Waals surface area contributed by atoms with E-state index in [1.807, 2.05) is 0 Å². The van der Waals surface area contributed by atoms with Crippen LogP contribution in [-0.4, -0.2) is 79.8 Å². The number of fused-ring (bicyclic) bond motifs is 1. The third kappa shape index (κ3) is 6.16. The smallest absolute Gasteiger partial charge is 0.343 e. The fourth-order valence-corrected chi connectivity index (χ4v) is 8.85. The summed E-state index contributed by atoms with van der Waals surface area (Å²) >= 11 is 6.15. The Morgan fingerprint density at radius 2 is 1.97 bits per heavy atom. The van der Waals surface area contributed by atoms with Gasteiger partial charge in [0.05, 0.1) is 17.2 Å². The first kappa shape index (κ1) is 26.7. The number of hydrogen-bond acceptors (Lipinski definition) is 10. The number of nitrogens with zero attached hydrogens (tertiary/aromatic N) is 3. The first-order valence-electron chi connectivity index (χ1n) is 11.4. The lowest BCUT2D eigenvalue weighted by atomic mass is 10.1. The van der Waals surface area contributed by atoms with Crippen molar-refractivity contribution in [3.05, 3.63) is 17.5 Å². The molecule has 0 aromatic carbocycles. The first-order valence-corrected chi connectivity index (χ1v) is 15.3. The van der Waals surface area contributed by atoms with Crippen LogP contribution in [0.4, 0.5) is 5.82 Å². The van der Waals surface area contributed by atoms with Crippen LogP contribution in [0.15, 0.2) is 12.3 Å². The maximum absolute atomic E-state index is 12.6. The van der Waals surface area contributed by atoms with Gasteiger partial charge in [0.1, 0.15) is 29.8 Å². The van der Waals surface area contributed by atoms with E-state index in [-0.39, 0.29) is 11.3 Å². The van der Waals surface area contributed by atoms with Crippen LogP contribution in [0.5, 0.6) is 0 Å². The van der Waals surface area contributed by atoms with Gasteiger partial charge < -0.3 is 34.3 Å². The first-order chi connectivity index (χ1) is 16.3. The molecule has 0 radical (unpaired) electrons. The summed E-state index contributed by atoms with van der Waals surface area (Å²) in [4.78, 5) is 18.4. The Labute approximate surface area is 208 Å². The lowest BCUT2D eigenvalue weighted by Crippen LogP contribution is -2.36. The van der Waals surface area contributed by atoms with Gasteiger partial charge in [-0.3, -0.25) is 4.57 Å². The van der Waals surface area contributed by atoms with Gasteiger partial charge in [-0.2, -0.15) is 4.98 Å². The largest absolute Gasteiger partial charge is 0.387 e. The lowest BCUT2D eigenvalue weighted by molar-refractivity contribution is -0.0288. The molecule has 0 amide bonds. The molecule has 0 spiro atoms. The number of sulfone groups is 1. The highest BCUT2D eigenvalue weighted by Crippen LogP contribution is 2.45. The third-order valence-corrected chi connectivity index (χ3v) is 10.6. The van der Waals surface area contributed by atoms with Crippen molar-refractivity contribution in [2.45, 2.75) is 76.2 Å². The number of aliphatic hydroxyl groups excluding tert-OH is 2. The van der Waals surface area contributed by atoms with Crippen molar-refractivity contribution in [2.75, 3.05) is 16.6 Å². The highest BCUT2D eigenvalue weighted by Gasteiger charge is 2.46. The summed E-state index contributed by atoms with van der Waals surface area (Å²) in [6, 6.07) is 1.99. The monoisotopic (exact) mass is 552 g/mol. The Kier molecular flexibility index (Phi) is 7.81. The molecule has 1 saturated carbocycles. The van der Waals surface area contributed by atoms with E-state index in [9.17, 15) is 28.1 Å². The van der Waals surface area contributed by atoms with Crippen LogP contribution in [-0.2, 0) is 23.7 Å². The van der Waals surface area contributed by atoms with E-state index in [1.165, 1.54) is 18.4 Å². The van der Waals surface area contributed by atoms with Crippen LogP contribution in [0.3, 0.4) is 0 Å². The molecule has 1 aliphatic heterocycles. The summed E-state index contributed by atoms with van der Waals surface area (Å²) in [5.74, 6) is -0.237. The van der Waals surface area contributed by atoms with Gasteiger partial charge in [0.15, 0.2) is 21.6 Å². The summed E-state index contributed by atoms with van der Waals surface area (Å²) in [6.45, 7) is 3.01. The fraction of sp³-hybridized carbons (Fsp3) is 0.700. The van der Waals surface area contributed by atoms with Gasteiger partial charge in [0.25, 0.3) is 0 Å². The van der Waals surface area contributed by atoms with E-state index < -0.39 is 59.3 Å². The number of anilines is 1. The molecule has 1 aliphatic carbocycles. The van der Waals surface area contributed by atoms with Gasteiger partial charge in [0.2, 0.25) is 5.28 Å². The zero-order valence-electron chi connectivity index (χ0n) is 19.3. The van der Waals surface area contributed by atoms with Crippen LogP contribution in [0.25, 0.3) is 11.0 Å². The standard InChI is InChI=1S/C20H30ClN4O8PS/c1-11(2)33-34(28,29)10-35(30,31)9-14-15(26)16(27)19(32-14)25-8-7-13-17(22-12-5-3-4-6-12)23-20(21)24-18(13)25/h7-8,11-12,14-16,19,26-27H,3-6,9-10H2,1-2H3,(H,28,29)(H,22,23,24)/t14?,15-,16-,19-/m1/s1. The van der Waals surface area contributed by atoms with Crippen LogP contribution < -0.4 is 5.32 Å². The molecule has 196 valence electrons. The second-order valence-corrected chi connectivity index (χ2v) is 14.0. The summed E-state index contributed by atoms with van der Waals surface area (Å²) in [5, 5.41) is 25.2. The van der Waals surface area contributed by atoms with Gasteiger partial charge in [-0.1, -0.05) is 12.8 Å². The molecule has 2 aromatic heterocycles. The van der Waals surface area contributed by atoms with Crippen molar-refractivity contribution in [1.82, 2.24) is 14.5 Å². The maximum Gasteiger partial charge on any atom is 0.343 e. The molecular weight excluding hydrogens is 523 g/mol. The van der Waals surface area contributed by atoms with Crippen LogP contribution in [0.2, 0.25) is 5.28 Å². The average Bonchev–Trinajstić information content (AvgIpc) is 3.42. The molecular formula is C20H30ClN4O8PS. The Hall–Kier alpha value is -1.31. The van der Waals surface area contributed by atoms with Gasteiger partial charge in [-0.25, -0.2) is 13.4 Å². The number of halogens is 1. The van der Waals surface area contributed by atoms with Gasteiger partial charge in [-0.15, -0.1) is 0 Å². The quantitative estimate of drug-likeness (QED) is 0.265. The minimum Gasteiger partial charge on any atom is -0.387 e. The number of ether oxygens (including phenoxy) is 1. The Morgan fingerprint density at radius 1 is 1.29 bits per heavy atom. The summed E-state index contributed by atoms with van der Waals surface area (Å²) in [6.07, 6.45) is -0.344. The molecule has 0 bridgehead atoms. The molecule has 12 nitrogen and oxygen atoms in total. The zero-order valence-corrected chi connectivity index (χ0v) is 21.8. The number of aromatic nitrogens is 3. The minimum atomic E-state index is -4.41. The molecule has 3 heterocycles. The molecule has 1 saturated heterocycles. The van der Waals surface area contributed by atoms with Gasteiger partial charge >= 0.3 is 7.60 Å². The molecule has 2 unspecified atom stereocenters. The number of hydrogen-bond donors (Lipinski definition) is 4. The number of rotatable bonds is 9. The second-order valence-electron chi connectivity index (χ2n) is 9.30. The highest BCUT2D eigenvalue weighted by atomic mass is 35.5. The Morgan fingerprint density at radius 3 is 2.63 bits per heavy atom. The van der Waals surface area contributed by atoms with Crippen molar-refractivity contribution in [2.24, 2.45) is 0 Å². The number of aliphatic hydroxyl groups is 2. The van der Waals surface area contributed by atoms with Gasteiger partial charge in [-0.05, 0) is 44.4 Å². The molecule has 35 heavy (non-hydrogen) atoms. The third-order valence-electron chi connectivity index (χ3n) is 6.01. The topological polar surface area (TPSA) is 173 Å². The van der Waals surface area contributed by atoms with Crippen LogP contribution in [0.1, 0.15) is 45.8 Å². The van der Waals surface area contributed by atoms with Crippen molar-refractivity contribution < 1.29 is 37.3 Å². The molecule has 5 atom stereocenters. The molecule has 2 aliphatic rings. The Balaban J connectivity index is 1.55. The van der Waals surface area contributed by atoms with E-state index in [2.05, 4.69) is 15.3 Å². The van der Waals surface area contributed by atoms with Crippen LogP contribution >= 0.6 is 19.2 Å². The maximum atomic E-state index is 12.6. The molecule has 2 fully saturated rings. The van der Waals surface area contributed by atoms with E-state index >= 15 is 0 Å². The zero-order chi connectivity index (χ0) is 25.5. The highest BCUT2D eigenvalue weighted by molar-refractivity contribution is 7.97. The van der Waals surface area contributed by atoms with Gasteiger partial charge in [0, 0.05) is 12.2 Å². The minimum absolute atomic E-state index is 0.0195. The normalized spacial score (nSPS) is 27.6. The SMILES string of the molecule is CC(C)OP(=O)(O)CS(=O)(=O)CC1O[C@@H](n2ccc3c(NC4CCCC4)nc(Cl)nc32)[C@H](O)[C@@H]1O. The predicted molar refractivity (Wildman–Crippen MR) is 129 cm³/mol. The Bertz CT molecular complexity index is 1220. The molecule has 2 aromatic rings. The van der Waals surface area contributed by atoms with E-state index in [0.717, 1.165) is 25.7 Å². The van der Waals surface area contributed by atoms with Crippen LogP contribution in [0, 0.1) is 0 Å². The van der Waals surface area contributed by atoms with Crippen molar-refractivity contribution in [3.8, 4) is 0 Å². The number of nitrogens with one attached hydrogen (secondary N) is 1. The molecule has 4 rings (SSSR count). The van der Waals surface area contributed by atoms with Crippen molar-refractivity contribution in [1.29, 1.82) is 0 Å².